The first-order valence-corrected chi connectivity index (χ1v) is 10.3. The number of benzene rings is 2. The van der Waals surface area contributed by atoms with E-state index in [2.05, 4.69) is 0 Å². The molecule has 0 bridgehead atoms. The molecule has 2 aliphatic rings. The zero-order valence-corrected chi connectivity index (χ0v) is 17.1. The molecule has 29 heavy (non-hydrogen) atoms. The summed E-state index contributed by atoms with van der Waals surface area (Å²) in [7, 11) is 0. The Balaban J connectivity index is 1.58. The number of carbonyl (C=O) groups excluding carboxylic acids is 3. The lowest BCUT2D eigenvalue weighted by Gasteiger charge is -2.19. The summed E-state index contributed by atoms with van der Waals surface area (Å²) < 4.78 is 5.71. The Morgan fingerprint density at radius 2 is 1.52 bits per heavy atom. The highest BCUT2D eigenvalue weighted by Crippen LogP contribution is 2.43. The van der Waals surface area contributed by atoms with Gasteiger partial charge in [0, 0.05) is 15.6 Å². The van der Waals surface area contributed by atoms with Crippen LogP contribution in [0.25, 0.3) is 0 Å². The van der Waals surface area contributed by atoms with Gasteiger partial charge in [-0.05, 0) is 55.3 Å². The van der Waals surface area contributed by atoms with E-state index in [1.54, 1.807) is 36.4 Å². The average molecular weight is 432 g/mol. The average Bonchev–Trinajstić information content (AvgIpc) is 2.98. The molecule has 2 fully saturated rings. The van der Waals surface area contributed by atoms with Gasteiger partial charge in [0.05, 0.1) is 17.5 Å². The second-order valence-electron chi connectivity index (χ2n) is 7.34. The molecule has 0 spiro atoms. The number of halogens is 2. The molecule has 1 saturated carbocycles. The quantitative estimate of drug-likeness (QED) is 0.496. The molecule has 0 unspecified atom stereocenters. The lowest BCUT2D eigenvalue weighted by atomic mass is 9.81. The fourth-order valence-electron chi connectivity index (χ4n) is 4.05. The second kappa shape index (κ2) is 8.17. The van der Waals surface area contributed by atoms with Crippen molar-refractivity contribution < 1.29 is 19.1 Å². The number of hydrogen-bond acceptors (Lipinski definition) is 4. The van der Waals surface area contributed by atoms with Gasteiger partial charge in [0.25, 0.3) is 0 Å². The Hall–Kier alpha value is -2.37. The van der Waals surface area contributed by atoms with E-state index in [1.165, 1.54) is 11.0 Å². The second-order valence-corrected chi connectivity index (χ2v) is 8.21. The molecule has 5 nitrogen and oxygen atoms in total. The number of rotatable bonds is 5. The zero-order chi connectivity index (χ0) is 20.5. The molecule has 1 aliphatic carbocycles. The van der Waals surface area contributed by atoms with Crippen LogP contribution >= 0.6 is 23.2 Å². The van der Waals surface area contributed by atoms with Gasteiger partial charge in [-0.25, -0.2) is 4.90 Å². The van der Waals surface area contributed by atoms with Gasteiger partial charge in [-0.1, -0.05) is 36.0 Å². The van der Waals surface area contributed by atoms with E-state index in [4.69, 9.17) is 27.9 Å². The highest BCUT2D eigenvalue weighted by molar-refractivity contribution is 6.31. The lowest BCUT2D eigenvalue weighted by molar-refractivity contribution is -0.122. The number of ketones is 1. The molecule has 7 heteroatoms. The van der Waals surface area contributed by atoms with Crippen molar-refractivity contribution in [2.75, 3.05) is 11.5 Å². The number of anilines is 1. The molecule has 2 atom stereocenters. The van der Waals surface area contributed by atoms with Crippen molar-refractivity contribution in [1.82, 2.24) is 0 Å². The fourth-order valence-corrected chi connectivity index (χ4v) is 4.34. The minimum atomic E-state index is -0.279. The van der Waals surface area contributed by atoms with Crippen LogP contribution in [0.3, 0.4) is 0 Å². The summed E-state index contributed by atoms with van der Waals surface area (Å²) in [5, 5.41) is 0.918. The molecule has 1 aliphatic heterocycles. The molecule has 0 N–H and O–H groups in total. The van der Waals surface area contributed by atoms with E-state index in [0.717, 1.165) is 25.7 Å². The van der Waals surface area contributed by atoms with Crippen LogP contribution in [-0.4, -0.2) is 24.2 Å². The van der Waals surface area contributed by atoms with Crippen LogP contribution in [0.5, 0.6) is 5.75 Å². The van der Waals surface area contributed by atoms with Gasteiger partial charge < -0.3 is 4.74 Å². The van der Waals surface area contributed by atoms with E-state index < -0.39 is 0 Å². The third-order valence-electron chi connectivity index (χ3n) is 5.53. The normalized spacial score (nSPS) is 21.2. The lowest BCUT2D eigenvalue weighted by Crippen LogP contribution is -2.31. The highest BCUT2D eigenvalue weighted by atomic mass is 35.5. The number of nitrogens with zero attached hydrogens (tertiary/aromatic N) is 1. The van der Waals surface area contributed by atoms with Crippen molar-refractivity contribution in [2.45, 2.75) is 25.7 Å². The van der Waals surface area contributed by atoms with E-state index in [-0.39, 0.29) is 41.8 Å². The van der Waals surface area contributed by atoms with Crippen LogP contribution in [0.1, 0.15) is 36.0 Å². The monoisotopic (exact) mass is 431 g/mol. The largest absolute Gasteiger partial charge is 0.483 e. The molecule has 150 valence electrons. The first kappa shape index (κ1) is 19.9. The molecule has 0 radical (unpaired) electrons. The van der Waals surface area contributed by atoms with Gasteiger partial charge in [0.15, 0.2) is 12.4 Å². The number of fused-ring (bicyclic) bond motifs is 1. The van der Waals surface area contributed by atoms with Gasteiger partial charge in [-0.15, -0.1) is 0 Å². The van der Waals surface area contributed by atoms with E-state index in [0.29, 0.717) is 21.3 Å². The predicted molar refractivity (Wildman–Crippen MR) is 111 cm³/mol. The van der Waals surface area contributed by atoms with Crippen LogP contribution < -0.4 is 9.64 Å². The molecule has 1 heterocycles. The summed E-state index contributed by atoms with van der Waals surface area (Å²) in [4.78, 5) is 39.5. The highest BCUT2D eigenvalue weighted by Gasteiger charge is 2.49. The van der Waals surface area contributed by atoms with Crippen LogP contribution in [-0.2, 0) is 9.59 Å². The van der Waals surface area contributed by atoms with E-state index >= 15 is 0 Å². The summed E-state index contributed by atoms with van der Waals surface area (Å²) in [6, 6.07) is 11.2. The van der Waals surface area contributed by atoms with Crippen molar-refractivity contribution >= 4 is 46.5 Å². The van der Waals surface area contributed by atoms with Crippen molar-refractivity contribution in [3.8, 4) is 5.75 Å². The number of imide groups is 1. The molecule has 2 amide bonds. The van der Waals surface area contributed by atoms with Gasteiger partial charge in [0.2, 0.25) is 11.8 Å². The molecular formula is C22H19Cl2NO4. The molecule has 1 saturated heterocycles. The van der Waals surface area contributed by atoms with Crippen molar-refractivity contribution in [1.29, 1.82) is 0 Å². The van der Waals surface area contributed by atoms with E-state index in [1.807, 2.05) is 0 Å². The minimum absolute atomic E-state index is 0.212. The summed E-state index contributed by atoms with van der Waals surface area (Å²) >= 11 is 12.0. The molecule has 4 rings (SSSR count). The smallest absolute Gasteiger partial charge is 0.237 e. The standard InChI is InChI=1S/C22H19Cl2NO4/c23-14-7-5-13(6-8-14)19(26)12-29-20-10-9-15(24)11-18(20)25-21(27)16-3-1-2-4-17(16)22(25)28/h5-11,16-17H,1-4,12H2/t16-,17+. The van der Waals surface area contributed by atoms with Crippen LogP contribution in [0.2, 0.25) is 10.0 Å². The third-order valence-corrected chi connectivity index (χ3v) is 6.02. The van der Waals surface area contributed by atoms with Gasteiger partial charge >= 0.3 is 0 Å². The first-order valence-electron chi connectivity index (χ1n) is 9.54. The molecular weight excluding hydrogens is 413 g/mol. The van der Waals surface area contributed by atoms with Gasteiger partial charge in [-0.2, -0.15) is 0 Å². The Morgan fingerprint density at radius 3 is 2.14 bits per heavy atom. The van der Waals surface area contributed by atoms with Gasteiger partial charge in [0.1, 0.15) is 5.75 Å². The summed E-state index contributed by atoms with van der Waals surface area (Å²) in [6.45, 7) is -0.237. The summed E-state index contributed by atoms with van der Waals surface area (Å²) in [5.41, 5.74) is 0.759. The number of ether oxygens (including phenoxy) is 1. The maximum Gasteiger partial charge on any atom is 0.237 e. The first-order chi connectivity index (χ1) is 14.0. The van der Waals surface area contributed by atoms with Crippen molar-refractivity contribution in [2.24, 2.45) is 11.8 Å². The minimum Gasteiger partial charge on any atom is -0.483 e. The van der Waals surface area contributed by atoms with Crippen LogP contribution in [0.15, 0.2) is 42.5 Å². The van der Waals surface area contributed by atoms with Crippen LogP contribution in [0, 0.1) is 11.8 Å². The molecule has 2 aromatic rings. The Kier molecular flexibility index (Phi) is 5.61. The van der Waals surface area contributed by atoms with Gasteiger partial charge in [-0.3, -0.25) is 14.4 Å². The molecule has 0 aromatic heterocycles. The predicted octanol–water partition coefficient (Wildman–Crippen LogP) is 4.93. The zero-order valence-electron chi connectivity index (χ0n) is 15.6. The Bertz CT molecular complexity index is 949. The van der Waals surface area contributed by atoms with E-state index in [9.17, 15) is 14.4 Å². The number of Topliss-reactive ketones (excluding diaryl/α,β-unsaturated/α-hetero) is 1. The molecule has 2 aromatic carbocycles. The summed E-state index contributed by atoms with van der Waals surface area (Å²) in [6.07, 6.45) is 3.33. The maximum atomic E-state index is 12.9. The maximum absolute atomic E-state index is 12.9. The Labute approximate surface area is 178 Å². The summed E-state index contributed by atoms with van der Waals surface area (Å²) in [5.74, 6) is -0.948. The number of carbonyl (C=O) groups is 3. The number of amides is 2. The fraction of sp³-hybridized carbons (Fsp3) is 0.318. The Morgan fingerprint density at radius 1 is 0.931 bits per heavy atom. The third kappa shape index (κ3) is 3.89. The van der Waals surface area contributed by atoms with Crippen molar-refractivity contribution in [3.05, 3.63) is 58.1 Å². The van der Waals surface area contributed by atoms with Crippen molar-refractivity contribution in [3.63, 3.8) is 0 Å². The van der Waals surface area contributed by atoms with Crippen LogP contribution in [0.4, 0.5) is 5.69 Å². The topological polar surface area (TPSA) is 63.7 Å². The number of hydrogen-bond donors (Lipinski definition) is 0. The SMILES string of the molecule is O=C(COc1ccc(Cl)cc1N1C(=O)[C@H]2CCCC[C@H]2C1=O)c1ccc(Cl)cc1.